The Hall–Kier alpha value is -2.30. The van der Waals surface area contributed by atoms with E-state index < -0.39 is 0 Å². The van der Waals surface area contributed by atoms with E-state index in [9.17, 15) is 4.79 Å². The van der Waals surface area contributed by atoms with Gasteiger partial charge in [-0.05, 0) is 18.6 Å². The molecule has 2 heterocycles. The summed E-state index contributed by atoms with van der Waals surface area (Å²) in [5, 5.41) is 10.4. The molecule has 0 fully saturated rings. The number of aromatic nitrogens is 2. The molecule has 1 aromatic carbocycles. The van der Waals surface area contributed by atoms with Crippen molar-refractivity contribution in [3.63, 3.8) is 0 Å². The first-order valence-electron chi connectivity index (χ1n) is 7.39. The highest BCUT2D eigenvalue weighted by Crippen LogP contribution is 2.18. The Kier molecular flexibility index (Phi) is 3.90. The topological polar surface area (TPSA) is 61.0 Å². The standard InChI is InChI=1S/C16H20N4O/c1-2-14(18-13-6-4-3-5-7-13)16(21)20-9-8-15-12(11-20)10-17-19-15/h3-7,10,14,18H,2,8-9,11H2,1H3,(H,17,19). The van der Waals surface area contributed by atoms with Crippen LogP contribution in [0.25, 0.3) is 0 Å². The van der Waals surface area contributed by atoms with Gasteiger partial charge in [0.05, 0.1) is 6.20 Å². The molecular formula is C16H20N4O. The summed E-state index contributed by atoms with van der Waals surface area (Å²) in [6.07, 6.45) is 3.44. The first-order chi connectivity index (χ1) is 10.3. The molecule has 1 aliphatic rings. The minimum Gasteiger partial charge on any atom is -0.374 e. The molecular weight excluding hydrogens is 264 g/mol. The van der Waals surface area contributed by atoms with E-state index in [0.29, 0.717) is 6.54 Å². The molecule has 2 aromatic rings. The van der Waals surface area contributed by atoms with Crippen molar-refractivity contribution in [3.8, 4) is 0 Å². The highest BCUT2D eigenvalue weighted by Gasteiger charge is 2.26. The minimum absolute atomic E-state index is 0.160. The van der Waals surface area contributed by atoms with Gasteiger partial charge in [-0.1, -0.05) is 25.1 Å². The fourth-order valence-electron chi connectivity index (χ4n) is 2.70. The Labute approximate surface area is 124 Å². The number of carbonyl (C=O) groups excluding carboxylic acids is 1. The zero-order valence-corrected chi connectivity index (χ0v) is 12.2. The number of hydrogen-bond acceptors (Lipinski definition) is 3. The number of carbonyl (C=O) groups is 1. The van der Waals surface area contributed by atoms with Crippen molar-refractivity contribution in [1.29, 1.82) is 0 Å². The van der Waals surface area contributed by atoms with Gasteiger partial charge in [0.25, 0.3) is 0 Å². The average molecular weight is 284 g/mol. The van der Waals surface area contributed by atoms with Crippen LogP contribution in [-0.2, 0) is 17.8 Å². The maximum atomic E-state index is 12.7. The Morgan fingerprint density at radius 1 is 1.43 bits per heavy atom. The van der Waals surface area contributed by atoms with Crippen LogP contribution in [0.15, 0.2) is 36.5 Å². The fraction of sp³-hybridized carbons (Fsp3) is 0.375. The number of nitrogens with one attached hydrogen (secondary N) is 2. The highest BCUT2D eigenvalue weighted by atomic mass is 16.2. The Morgan fingerprint density at radius 2 is 2.24 bits per heavy atom. The summed E-state index contributed by atoms with van der Waals surface area (Å²) in [6, 6.07) is 9.71. The molecule has 0 spiro atoms. The van der Waals surface area contributed by atoms with Crippen LogP contribution in [0.3, 0.4) is 0 Å². The number of benzene rings is 1. The smallest absolute Gasteiger partial charge is 0.245 e. The molecule has 21 heavy (non-hydrogen) atoms. The SMILES string of the molecule is CCC(Nc1ccccc1)C(=O)N1CCc2[nH]ncc2C1. The van der Waals surface area contributed by atoms with Gasteiger partial charge in [0.1, 0.15) is 6.04 Å². The van der Waals surface area contributed by atoms with Crippen molar-refractivity contribution in [1.82, 2.24) is 15.1 Å². The van der Waals surface area contributed by atoms with Crippen LogP contribution in [-0.4, -0.2) is 33.6 Å². The van der Waals surface area contributed by atoms with Gasteiger partial charge < -0.3 is 10.2 Å². The van der Waals surface area contributed by atoms with E-state index in [4.69, 9.17) is 0 Å². The monoisotopic (exact) mass is 284 g/mol. The van der Waals surface area contributed by atoms with E-state index >= 15 is 0 Å². The highest BCUT2D eigenvalue weighted by molar-refractivity contribution is 5.84. The maximum absolute atomic E-state index is 12.7. The summed E-state index contributed by atoms with van der Waals surface area (Å²) in [7, 11) is 0. The molecule has 1 unspecified atom stereocenters. The summed E-state index contributed by atoms with van der Waals surface area (Å²) in [5.74, 6) is 0.160. The largest absolute Gasteiger partial charge is 0.374 e. The lowest BCUT2D eigenvalue weighted by atomic mass is 10.1. The van der Waals surface area contributed by atoms with Crippen LogP contribution in [0.2, 0.25) is 0 Å². The van der Waals surface area contributed by atoms with Gasteiger partial charge in [-0.15, -0.1) is 0 Å². The van der Waals surface area contributed by atoms with Crippen LogP contribution in [0.1, 0.15) is 24.6 Å². The first-order valence-corrected chi connectivity index (χ1v) is 7.39. The van der Waals surface area contributed by atoms with Crippen LogP contribution in [0.4, 0.5) is 5.69 Å². The number of hydrogen-bond donors (Lipinski definition) is 2. The van der Waals surface area contributed by atoms with Crippen molar-refractivity contribution < 1.29 is 4.79 Å². The zero-order chi connectivity index (χ0) is 14.7. The Bertz CT molecular complexity index is 608. The number of anilines is 1. The third-order valence-electron chi connectivity index (χ3n) is 3.93. The van der Waals surface area contributed by atoms with Gasteiger partial charge in [0, 0.05) is 36.5 Å². The van der Waals surface area contributed by atoms with Gasteiger partial charge in [-0.2, -0.15) is 5.10 Å². The number of para-hydroxylation sites is 1. The predicted molar refractivity (Wildman–Crippen MR) is 81.9 cm³/mol. The Balaban J connectivity index is 1.68. The molecule has 5 heteroatoms. The number of H-pyrrole nitrogens is 1. The zero-order valence-electron chi connectivity index (χ0n) is 12.2. The van der Waals surface area contributed by atoms with E-state index in [1.165, 1.54) is 0 Å². The van der Waals surface area contributed by atoms with E-state index in [-0.39, 0.29) is 11.9 Å². The van der Waals surface area contributed by atoms with Gasteiger partial charge in [0.15, 0.2) is 0 Å². The van der Waals surface area contributed by atoms with Crippen LogP contribution >= 0.6 is 0 Å². The second-order valence-electron chi connectivity index (χ2n) is 5.35. The molecule has 1 atom stereocenters. The van der Waals surface area contributed by atoms with Crippen LogP contribution in [0.5, 0.6) is 0 Å². The van der Waals surface area contributed by atoms with Crippen molar-refractivity contribution in [2.75, 3.05) is 11.9 Å². The third kappa shape index (κ3) is 2.91. The summed E-state index contributed by atoms with van der Waals surface area (Å²) >= 11 is 0. The van der Waals surface area contributed by atoms with Crippen LogP contribution < -0.4 is 5.32 Å². The second kappa shape index (κ2) is 5.99. The van der Waals surface area contributed by atoms with E-state index in [1.807, 2.05) is 48.4 Å². The molecule has 110 valence electrons. The van der Waals surface area contributed by atoms with Gasteiger partial charge in [-0.25, -0.2) is 0 Å². The lowest BCUT2D eigenvalue weighted by molar-refractivity contribution is -0.133. The molecule has 1 amide bonds. The molecule has 1 aromatic heterocycles. The average Bonchev–Trinajstić information content (AvgIpc) is 3.00. The predicted octanol–water partition coefficient (Wildman–Crippen LogP) is 2.19. The number of fused-ring (bicyclic) bond motifs is 1. The number of aromatic amines is 1. The lowest BCUT2D eigenvalue weighted by Gasteiger charge is -2.30. The first kappa shape index (κ1) is 13.7. The molecule has 5 nitrogen and oxygen atoms in total. The van der Waals surface area contributed by atoms with E-state index in [1.54, 1.807) is 0 Å². The Morgan fingerprint density at radius 3 is 3.00 bits per heavy atom. The summed E-state index contributed by atoms with van der Waals surface area (Å²) in [6.45, 7) is 3.43. The summed E-state index contributed by atoms with van der Waals surface area (Å²) in [4.78, 5) is 14.6. The number of nitrogens with zero attached hydrogens (tertiary/aromatic N) is 2. The molecule has 3 rings (SSSR count). The van der Waals surface area contributed by atoms with Crippen molar-refractivity contribution >= 4 is 11.6 Å². The fourth-order valence-corrected chi connectivity index (χ4v) is 2.70. The molecule has 0 saturated carbocycles. The van der Waals surface area contributed by atoms with Gasteiger partial charge >= 0.3 is 0 Å². The third-order valence-corrected chi connectivity index (χ3v) is 3.93. The van der Waals surface area contributed by atoms with Gasteiger partial charge in [-0.3, -0.25) is 9.89 Å². The number of rotatable bonds is 4. The summed E-state index contributed by atoms with van der Waals surface area (Å²) < 4.78 is 0. The molecule has 2 N–H and O–H groups in total. The normalized spacial score (nSPS) is 15.4. The van der Waals surface area contributed by atoms with Crippen molar-refractivity contribution in [2.45, 2.75) is 32.4 Å². The molecule has 0 saturated heterocycles. The number of amides is 1. The second-order valence-corrected chi connectivity index (χ2v) is 5.35. The van der Waals surface area contributed by atoms with E-state index in [0.717, 1.165) is 36.3 Å². The maximum Gasteiger partial charge on any atom is 0.245 e. The van der Waals surface area contributed by atoms with Gasteiger partial charge in [0.2, 0.25) is 5.91 Å². The molecule has 1 aliphatic heterocycles. The molecule has 0 radical (unpaired) electrons. The van der Waals surface area contributed by atoms with E-state index in [2.05, 4.69) is 15.5 Å². The van der Waals surface area contributed by atoms with Crippen molar-refractivity contribution in [2.24, 2.45) is 0 Å². The quantitative estimate of drug-likeness (QED) is 0.904. The molecule has 0 bridgehead atoms. The molecule has 0 aliphatic carbocycles. The minimum atomic E-state index is -0.180. The lowest BCUT2D eigenvalue weighted by Crippen LogP contribution is -2.44. The van der Waals surface area contributed by atoms with Crippen molar-refractivity contribution in [3.05, 3.63) is 47.8 Å². The summed E-state index contributed by atoms with van der Waals surface area (Å²) in [5.41, 5.74) is 3.27. The van der Waals surface area contributed by atoms with Crippen LogP contribution in [0, 0.1) is 0 Å².